The third kappa shape index (κ3) is 6.82. The predicted octanol–water partition coefficient (Wildman–Crippen LogP) is 2.58. The molecule has 0 spiro atoms. The van der Waals surface area contributed by atoms with Crippen LogP contribution in [-0.2, 0) is 0 Å². The van der Waals surface area contributed by atoms with Crippen LogP contribution in [0.5, 0.6) is 0 Å². The highest BCUT2D eigenvalue weighted by Crippen LogP contribution is 2.02. The Kier molecular flexibility index (Phi) is 8.63. The van der Waals surface area contributed by atoms with Crippen LogP contribution in [0.25, 0.3) is 0 Å². The normalized spacial score (nSPS) is 9.25. The zero-order chi connectivity index (χ0) is 6.24. The molecule has 0 unspecified atom stereocenters. The molecule has 48 valence electrons. The topological polar surface area (TPSA) is 0 Å². The number of rotatable bonds is 5. The first-order valence-electron chi connectivity index (χ1n) is 3.47. The Bertz CT molecular complexity index is 33.5. The Morgan fingerprint density at radius 2 is 2.00 bits per heavy atom. The van der Waals surface area contributed by atoms with Crippen LogP contribution in [0.2, 0.25) is 5.28 Å². The average Bonchev–Trinajstić information content (AvgIpc) is 1.81. The first-order valence-corrected chi connectivity index (χ1v) is 6.61. The summed E-state index contributed by atoms with van der Waals surface area (Å²) in [5.74, 6) is 0. The molecule has 0 rings (SSSR count). The Morgan fingerprint density at radius 1 is 1.25 bits per heavy atom. The van der Waals surface area contributed by atoms with E-state index >= 15 is 0 Å². The third-order valence-corrected chi connectivity index (χ3v) is 2.81. The average molecular weight is 149 g/mol. The summed E-state index contributed by atoms with van der Waals surface area (Å²) in [5, 5.41) is 1.33. The lowest BCUT2D eigenvalue weighted by Gasteiger charge is -1.92. The molecule has 0 nitrogen and oxygen atoms in total. The molecule has 0 bridgehead atoms. The standard InChI is InChI=1S/C6H13.Al.ClH.H/c1-3-5-6-4-2;;;/h1,3-6H2,2H3;;1H;/q;+1;;/p-1. The maximum absolute atomic E-state index is 5.62. The molecule has 0 saturated heterocycles. The lowest BCUT2D eigenvalue weighted by molar-refractivity contribution is 0.701. The lowest BCUT2D eigenvalue weighted by atomic mass is 10.2. The molecule has 0 aliphatic rings. The van der Waals surface area contributed by atoms with E-state index in [1.807, 2.05) is 0 Å². The molecule has 0 amide bonds. The minimum Gasteiger partial charge on any atom is -0.267 e. The van der Waals surface area contributed by atoms with Crippen molar-refractivity contribution in [3.63, 3.8) is 0 Å². The highest BCUT2D eigenvalue weighted by molar-refractivity contribution is 6.93. The van der Waals surface area contributed by atoms with E-state index in [1.54, 1.807) is 0 Å². The van der Waals surface area contributed by atoms with Crippen LogP contribution in [-0.4, -0.2) is 14.3 Å². The second-order valence-corrected chi connectivity index (χ2v) is 4.32. The van der Waals surface area contributed by atoms with Crippen molar-refractivity contribution < 1.29 is 0 Å². The van der Waals surface area contributed by atoms with Gasteiger partial charge in [-0.1, -0.05) is 37.9 Å². The molecule has 0 N–H and O–H groups in total. The fourth-order valence-corrected chi connectivity index (χ4v) is 1.81. The summed E-state index contributed by atoms with van der Waals surface area (Å²) in [6.45, 7) is 2.23. The van der Waals surface area contributed by atoms with Crippen molar-refractivity contribution in [2.45, 2.75) is 37.9 Å². The highest BCUT2D eigenvalue weighted by Gasteiger charge is 1.87. The number of hydrogen-bond donors (Lipinski definition) is 0. The van der Waals surface area contributed by atoms with Gasteiger partial charge in [0, 0.05) is 0 Å². The Hall–Kier alpha value is 0.822. The molecule has 0 aliphatic carbocycles. The van der Waals surface area contributed by atoms with Gasteiger partial charge in [0.05, 0.1) is 0 Å². The fraction of sp³-hybridized carbons (Fsp3) is 1.00. The Balaban J connectivity index is 2.53. The van der Waals surface area contributed by atoms with E-state index < -0.39 is 0 Å². The summed E-state index contributed by atoms with van der Waals surface area (Å²) in [6.07, 6.45) is 5.51. The molecule has 0 atom stereocenters. The van der Waals surface area contributed by atoms with Crippen molar-refractivity contribution in [1.29, 1.82) is 0 Å². The van der Waals surface area contributed by atoms with Crippen LogP contribution in [0.15, 0.2) is 0 Å². The highest BCUT2D eigenvalue weighted by atomic mass is 35.6. The van der Waals surface area contributed by atoms with Crippen molar-refractivity contribution in [2.75, 3.05) is 0 Å². The monoisotopic (exact) mass is 148 g/mol. The van der Waals surface area contributed by atoms with Gasteiger partial charge in [0.2, 0.25) is 0 Å². The Labute approximate surface area is 62.5 Å². The van der Waals surface area contributed by atoms with Crippen molar-refractivity contribution in [2.24, 2.45) is 0 Å². The van der Waals surface area contributed by atoms with Crippen molar-refractivity contribution in [3.8, 4) is 0 Å². The van der Waals surface area contributed by atoms with Gasteiger partial charge >= 0.3 is 14.3 Å². The van der Waals surface area contributed by atoms with E-state index in [9.17, 15) is 0 Å². The quantitative estimate of drug-likeness (QED) is 0.415. The summed E-state index contributed by atoms with van der Waals surface area (Å²) in [5.41, 5.74) is 0. The van der Waals surface area contributed by atoms with Crippen LogP contribution in [0.3, 0.4) is 0 Å². The summed E-state index contributed by atoms with van der Waals surface area (Å²) in [7, 11) is 5.62. The van der Waals surface area contributed by atoms with Crippen LogP contribution in [0, 0.1) is 0 Å². The van der Waals surface area contributed by atoms with Crippen LogP contribution in [0.1, 0.15) is 32.6 Å². The van der Waals surface area contributed by atoms with E-state index in [1.165, 1.54) is 31.0 Å². The number of halogens is 1. The smallest absolute Gasteiger partial charge is 0.267 e. The molecular weight excluding hydrogens is 135 g/mol. The van der Waals surface area contributed by atoms with E-state index in [2.05, 4.69) is 6.92 Å². The van der Waals surface area contributed by atoms with Gasteiger partial charge in [-0.05, 0) is 0 Å². The van der Waals surface area contributed by atoms with E-state index in [0.717, 1.165) is 0 Å². The molecule has 0 aliphatic heterocycles. The number of hydrogen-bond acceptors (Lipinski definition) is 0. The largest absolute Gasteiger partial charge is 0.376 e. The molecule has 0 radical (unpaired) electrons. The second-order valence-electron chi connectivity index (χ2n) is 2.10. The van der Waals surface area contributed by atoms with Crippen molar-refractivity contribution in [1.82, 2.24) is 0 Å². The van der Waals surface area contributed by atoms with Gasteiger partial charge in [0.25, 0.3) is 0 Å². The van der Waals surface area contributed by atoms with Gasteiger partial charge in [-0.15, -0.1) is 0 Å². The van der Waals surface area contributed by atoms with Gasteiger partial charge in [-0.2, -0.15) is 0 Å². The summed E-state index contributed by atoms with van der Waals surface area (Å²) in [6, 6.07) is 0. The predicted molar refractivity (Wildman–Crippen MR) is 42.0 cm³/mol. The van der Waals surface area contributed by atoms with Crippen LogP contribution >= 0.6 is 10.0 Å². The third-order valence-electron chi connectivity index (χ3n) is 1.24. The van der Waals surface area contributed by atoms with E-state index in [-0.39, 0.29) is 14.3 Å². The molecule has 0 heterocycles. The number of unbranched alkanes of at least 4 members (excludes halogenated alkanes) is 3. The molecule has 0 fully saturated rings. The van der Waals surface area contributed by atoms with E-state index in [4.69, 9.17) is 10.0 Å². The molecule has 0 saturated carbocycles. The molecule has 2 heteroatoms. The molecule has 8 heavy (non-hydrogen) atoms. The second kappa shape index (κ2) is 7.82. The lowest BCUT2D eigenvalue weighted by Crippen LogP contribution is -1.78. The minimum atomic E-state index is -0.142. The van der Waals surface area contributed by atoms with Gasteiger partial charge < -0.3 is 0 Å². The Morgan fingerprint density at radius 3 is 2.50 bits per heavy atom. The van der Waals surface area contributed by atoms with Crippen LogP contribution in [0.4, 0.5) is 0 Å². The molecular formula is C6H14AlCl. The molecule has 0 aromatic carbocycles. The summed E-state index contributed by atoms with van der Waals surface area (Å²) in [4.78, 5) is 0. The van der Waals surface area contributed by atoms with Crippen molar-refractivity contribution in [3.05, 3.63) is 0 Å². The van der Waals surface area contributed by atoms with Gasteiger partial charge in [0.1, 0.15) is 0 Å². The van der Waals surface area contributed by atoms with Crippen LogP contribution < -0.4 is 0 Å². The fourth-order valence-electron chi connectivity index (χ4n) is 0.698. The van der Waals surface area contributed by atoms with Crippen molar-refractivity contribution >= 4 is 24.3 Å². The first-order chi connectivity index (χ1) is 3.91. The maximum atomic E-state index is 5.62. The SMILES string of the molecule is CCCCC[CH2][AlH][Cl]. The minimum absolute atomic E-state index is 0.142. The first kappa shape index (κ1) is 8.82. The zero-order valence-electron chi connectivity index (χ0n) is 5.62. The van der Waals surface area contributed by atoms with Gasteiger partial charge in [0.15, 0.2) is 0 Å². The van der Waals surface area contributed by atoms with Gasteiger partial charge in [-0.3, -0.25) is 10.0 Å². The summed E-state index contributed by atoms with van der Waals surface area (Å²) < 4.78 is 0. The maximum Gasteiger partial charge on any atom is 0.376 e. The summed E-state index contributed by atoms with van der Waals surface area (Å²) >= 11 is -0.142. The van der Waals surface area contributed by atoms with Gasteiger partial charge in [-0.25, -0.2) is 0 Å². The molecule has 0 aromatic heterocycles. The molecule has 0 aromatic rings. The zero-order valence-corrected chi connectivity index (χ0v) is 7.79. The van der Waals surface area contributed by atoms with E-state index in [0.29, 0.717) is 0 Å².